The molecule has 3 aliphatic rings. The van der Waals surface area contributed by atoms with Crippen molar-refractivity contribution in [3.8, 4) is 0 Å². The fourth-order valence-electron chi connectivity index (χ4n) is 4.32. The zero-order valence-corrected chi connectivity index (χ0v) is 17.6. The van der Waals surface area contributed by atoms with E-state index in [1.54, 1.807) is 19.1 Å². The maximum Gasteiger partial charge on any atom is 0.244 e. The molecule has 3 heterocycles. The maximum absolute atomic E-state index is 13.5. The highest BCUT2D eigenvalue weighted by atomic mass is 35.5. The van der Waals surface area contributed by atoms with Crippen LogP contribution in [-0.4, -0.2) is 76.7 Å². The van der Waals surface area contributed by atoms with Gasteiger partial charge in [-0.2, -0.15) is 4.31 Å². The second kappa shape index (κ2) is 6.14. The molecule has 4 rings (SSSR count). The highest BCUT2D eigenvalue weighted by Crippen LogP contribution is 2.37. The van der Waals surface area contributed by atoms with Crippen molar-refractivity contribution in [3.63, 3.8) is 0 Å². The van der Waals surface area contributed by atoms with Gasteiger partial charge in [-0.3, -0.25) is 0 Å². The van der Waals surface area contributed by atoms with Crippen molar-refractivity contribution in [2.75, 3.05) is 23.0 Å². The molecule has 0 saturated carbocycles. The predicted molar refractivity (Wildman–Crippen MR) is 101 cm³/mol. The number of piperazine rings is 1. The summed E-state index contributed by atoms with van der Waals surface area (Å²) in [6, 6.07) is 1.53. The van der Waals surface area contributed by atoms with Gasteiger partial charge in [0, 0.05) is 17.1 Å². The smallest absolute Gasteiger partial charge is 0.244 e. The number of hydrogen-bond donors (Lipinski definition) is 1. The maximum atomic E-state index is 13.5. The van der Waals surface area contributed by atoms with Crippen LogP contribution in [0.1, 0.15) is 5.56 Å². The van der Waals surface area contributed by atoms with E-state index < -0.39 is 53.9 Å². The molecule has 0 aromatic heterocycles. The van der Waals surface area contributed by atoms with Crippen molar-refractivity contribution in [2.45, 2.75) is 36.0 Å². The topological polar surface area (TPSA) is 118 Å². The third-order valence-corrected chi connectivity index (χ3v) is 11.2. The Balaban J connectivity index is 1.87. The molecule has 1 aromatic rings. The largest absolute Gasteiger partial charge is 0.306 e. The predicted octanol–water partition coefficient (Wildman–Crippen LogP) is -0.426. The third-order valence-electron chi connectivity index (χ3n) is 5.43. The Bertz CT molecular complexity index is 1070. The molecule has 3 fully saturated rings. The van der Waals surface area contributed by atoms with Gasteiger partial charge < -0.3 is 5.32 Å². The fourth-order valence-corrected chi connectivity index (χ4v) is 10.7. The summed E-state index contributed by atoms with van der Waals surface area (Å²) < 4.78 is 76.9. The van der Waals surface area contributed by atoms with Gasteiger partial charge in [0.2, 0.25) is 10.0 Å². The summed E-state index contributed by atoms with van der Waals surface area (Å²) in [7, 11) is -11.0. The van der Waals surface area contributed by atoms with Crippen LogP contribution in [0.2, 0.25) is 5.02 Å². The van der Waals surface area contributed by atoms with Crippen LogP contribution in [0.3, 0.4) is 0 Å². The summed E-state index contributed by atoms with van der Waals surface area (Å²) in [5.74, 6) is -1.07. The van der Waals surface area contributed by atoms with Crippen LogP contribution < -0.4 is 5.32 Å². The van der Waals surface area contributed by atoms with Crippen LogP contribution in [0.5, 0.6) is 0 Å². The lowest BCUT2D eigenvalue weighted by Gasteiger charge is -2.44. The van der Waals surface area contributed by atoms with E-state index in [0.29, 0.717) is 5.56 Å². The lowest BCUT2D eigenvalue weighted by atomic mass is 10.0. The SMILES string of the molecule is Cc1ccc(Cl)cc1S(=O)(=O)N1[C@@H]2CS(=O)(=O)C[C@@H]2N[C@H]2CS(=O)(=O)C[C@@H]21. The van der Waals surface area contributed by atoms with E-state index in [0.717, 1.165) is 4.31 Å². The third kappa shape index (κ3) is 3.32. The Morgan fingerprint density at radius 2 is 1.52 bits per heavy atom. The van der Waals surface area contributed by atoms with Gasteiger partial charge in [0.05, 0.1) is 40.0 Å². The molecule has 8 nitrogen and oxygen atoms in total. The van der Waals surface area contributed by atoms with Gasteiger partial charge in [0.15, 0.2) is 19.7 Å². The van der Waals surface area contributed by atoms with E-state index in [1.165, 1.54) is 6.07 Å². The zero-order chi connectivity index (χ0) is 19.8. The molecule has 27 heavy (non-hydrogen) atoms. The van der Waals surface area contributed by atoms with Gasteiger partial charge in [0.25, 0.3) is 0 Å². The monoisotopic (exact) mass is 454 g/mol. The van der Waals surface area contributed by atoms with Crippen molar-refractivity contribution in [3.05, 3.63) is 28.8 Å². The highest BCUT2D eigenvalue weighted by Gasteiger charge is 2.57. The summed E-state index contributed by atoms with van der Waals surface area (Å²) in [4.78, 5) is -0.0250. The van der Waals surface area contributed by atoms with E-state index in [2.05, 4.69) is 5.32 Å². The first-order valence-electron chi connectivity index (χ1n) is 8.36. The van der Waals surface area contributed by atoms with Crippen molar-refractivity contribution in [2.24, 2.45) is 0 Å². The van der Waals surface area contributed by atoms with Gasteiger partial charge in [-0.25, -0.2) is 25.3 Å². The van der Waals surface area contributed by atoms with Crippen LogP contribution in [0.15, 0.2) is 23.1 Å². The lowest BCUT2D eigenvalue weighted by molar-refractivity contribution is 0.160. The average Bonchev–Trinajstić information content (AvgIpc) is 2.98. The Morgan fingerprint density at radius 3 is 2.04 bits per heavy atom. The van der Waals surface area contributed by atoms with Gasteiger partial charge in [-0.05, 0) is 24.6 Å². The lowest BCUT2D eigenvalue weighted by Crippen LogP contribution is -2.67. The van der Waals surface area contributed by atoms with E-state index in [4.69, 9.17) is 11.6 Å². The summed E-state index contributed by atoms with van der Waals surface area (Å²) in [6.07, 6.45) is 0. The number of nitrogens with one attached hydrogen (secondary N) is 1. The number of hydrogen-bond acceptors (Lipinski definition) is 7. The number of halogens is 1. The Hall–Kier alpha value is -0.720. The Labute approximate surface area is 163 Å². The zero-order valence-electron chi connectivity index (χ0n) is 14.4. The van der Waals surface area contributed by atoms with E-state index >= 15 is 0 Å². The summed E-state index contributed by atoms with van der Waals surface area (Å²) in [6.45, 7) is 1.62. The molecule has 0 spiro atoms. The average molecular weight is 455 g/mol. The highest BCUT2D eigenvalue weighted by molar-refractivity contribution is 7.92. The molecule has 0 aliphatic carbocycles. The van der Waals surface area contributed by atoms with Crippen molar-refractivity contribution in [1.29, 1.82) is 0 Å². The van der Waals surface area contributed by atoms with Crippen molar-refractivity contribution >= 4 is 41.3 Å². The molecule has 0 amide bonds. The van der Waals surface area contributed by atoms with Gasteiger partial charge >= 0.3 is 0 Å². The fraction of sp³-hybridized carbons (Fsp3) is 0.600. The van der Waals surface area contributed by atoms with E-state index in [1.807, 2.05) is 0 Å². The molecule has 12 heteroatoms. The first-order chi connectivity index (χ1) is 12.4. The van der Waals surface area contributed by atoms with Gasteiger partial charge in [0.1, 0.15) is 0 Å². The number of nitrogens with zero attached hydrogens (tertiary/aromatic N) is 1. The van der Waals surface area contributed by atoms with E-state index in [-0.39, 0.29) is 32.9 Å². The van der Waals surface area contributed by atoms with Crippen LogP contribution in [-0.2, 0) is 29.7 Å². The first kappa shape index (κ1) is 19.6. The van der Waals surface area contributed by atoms with Crippen molar-refractivity contribution in [1.82, 2.24) is 9.62 Å². The Kier molecular flexibility index (Phi) is 4.45. The number of sulfonamides is 1. The molecular formula is C15H19ClN2O6S3. The number of benzene rings is 1. The summed E-state index contributed by atoms with van der Waals surface area (Å²) in [5.41, 5.74) is 0.466. The second-order valence-electron chi connectivity index (χ2n) is 7.41. The molecule has 3 aliphatic heterocycles. The second-order valence-corrected chi connectivity index (χ2v) is 14.0. The van der Waals surface area contributed by atoms with Crippen LogP contribution in [0, 0.1) is 6.92 Å². The van der Waals surface area contributed by atoms with Crippen LogP contribution in [0.25, 0.3) is 0 Å². The van der Waals surface area contributed by atoms with Crippen LogP contribution in [0.4, 0.5) is 0 Å². The minimum absolute atomic E-state index is 0.0250. The molecule has 150 valence electrons. The standard InChI is InChI=1S/C15H19ClN2O6S3/c1-9-2-3-10(16)4-15(9)27(23,24)18-13-7-25(19,20)5-11(13)17-12-6-26(21,22)8-14(12)18/h2-4,11-14,17H,5-8H2,1H3/t11-,12-,13-,14+/m0/s1. The molecule has 1 aromatic carbocycles. The number of sulfone groups is 2. The minimum atomic E-state index is -4.14. The first-order valence-corrected chi connectivity index (χ1v) is 13.8. The minimum Gasteiger partial charge on any atom is -0.306 e. The number of aryl methyl sites for hydroxylation is 1. The van der Waals surface area contributed by atoms with Gasteiger partial charge in [-0.15, -0.1) is 0 Å². The summed E-state index contributed by atoms with van der Waals surface area (Å²) in [5, 5.41) is 3.31. The molecule has 4 atom stereocenters. The molecule has 0 radical (unpaired) electrons. The Morgan fingerprint density at radius 1 is 1.00 bits per heavy atom. The molecular weight excluding hydrogens is 436 g/mol. The molecule has 0 bridgehead atoms. The number of fused-ring (bicyclic) bond motifs is 2. The quantitative estimate of drug-likeness (QED) is 0.644. The number of rotatable bonds is 2. The molecule has 3 saturated heterocycles. The van der Waals surface area contributed by atoms with Crippen LogP contribution >= 0.6 is 11.6 Å². The van der Waals surface area contributed by atoms with E-state index in [9.17, 15) is 25.3 Å². The van der Waals surface area contributed by atoms with Crippen molar-refractivity contribution < 1.29 is 25.3 Å². The molecule has 0 unspecified atom stereocenters. The van der Waals surface area contributed by atoms with Gasteiger partial charge in [-0.1, -0.05) is 17.7 Å². The summed E-state index contributed by atoms with van der Waals surface area (Å²) >= 11 is 5.99. The molecule has 1 N–H and O–H groups in total. The normalized spacial score (nSPS) is 34.9.